The molecule has 1 heterocycles. The Morgan fingerprint density at radius 2 is 1.88 bits per heavy atom. The Balaban J connectivity index is 2.19. The SMILES string of the molecule is NCC(Oc1ccccc1Cl)c1ccncc1. The van der Waals surface area contributed by atoms with Crippen molar-refractivity contribution in [1.82, 2.24) is 4.98 Å². The van der Waals surface area contributed by atoms with E-state index in [4.69, 9.17) is 22.1 Å². The van der Waals surface area contributed by atoms with E-state index in [-0.39, 0.29) is 6.10 Å². The van der Waals surface area contributed by atoms with E-state index in [1.807, 2.05) is 30.3 Å². The van der Waals surface area contributed by atoms with E-state index < -0.39 is 0 Å². The Morgan fingerprint density at radius 1 is 1.18 bits per heavy atom. The molecule has 2 aromatic rings. The van der Waals surface area contributed by atoms with Crippen LogP contribution in [0.5, 0.6) is 5.75 Å². The van der Waals surface area contributed by atoms with Gasteiger partial charge in [-0.15, -0.1) is 0 Å². The standard InChI is InChI=1S/C13H13ClN2O/c14-11-3-1-2-4-12(11)17-13(9-15)10-5-7-16-8-6-10/h1-8,13H,9,15H2. The third-order valence-electron chi connectivity index (χ3n) is 2.40. The van der Waals surface area contributed by atoms with Gasteiger partial charge >= 0.3 is 0 Å². The number of ether oxygens (including phenoxy) is 1. The van der Waals surface area contributed by atoms with Crippen molar-refractivity contribution in [3.8, 4) is 5.75 Å². The van der Waals surface area contributed by atoms with E-state index in [9.17, 15) is 0 Å². The molecule has 17 heavy (non-hydrogen) atoms. The minimum Gasteiger partial charge on any atom is -0.483 e. The van der Waals surface area contributed by atoms with Crippen LogP contribution in [-0.2, 0) is 0 Å². The maximum Gasteiger partial charge on any atom is 0.138 e. The van der Waals surface area contributed by atoms with Crippen LogP contribution in [0.4, 0.5) is 0 Å². The smallest absolute Gasteiger partial charge is 0.138 e. The Morgan fingerprint density at radius 3 is 2.53 bits per heavy atom. The summed E-state index contributed by atoms with van der Waals surface area (Å²) in [6, 6.07) is 11.1. The fourth-order valence-corrected chi connectivity index (χ4v) is 1.70. The lowest BCUT2D eigenvalue weighted by molar-refractivity contribution is 0.214. The van der Waals surface area contributed by atoms with Gasteiger partial charge in [0.15, 0.2) is 0 Å². The van der Waals surface area contributed by atoms with E-state index in [1.165, 1.54) is 0 Å². The lowest BCUT2D eigenvalue weighted by Gasteiger charge is -2.18. The highest BCUT2D eigenvalue weighted by Crippen LogP contribution is 2.28. The van der Waals surface area contributed by atoms with E-state index in [0.29, 0.717) is 17.3 Å². The zero-order chi connectivity index (χ0) is 12.1. The number of hydrogen-bond acceptors (Lipinski definition) is 3. The van der Waals surface area contributed by atoms with Gasteiger partial charge in [-0.05, 0) is 29.8 Å². The average Bonchev–Trinajstić information content (AvgIpc) is 2.39. The van der Waals surface area contributed by atoms with Crippen molar-refractivity contribution < 1.29 is 4.74 Å². The largest absolute Gasteiger partial charge is 0.483 e. The summed E-state index contributed by atoms with van der Waals surface area (Å²) < 4.78 is 5.80. The number of rotatable bonds is 4. The molecule has 0 bridgehead atoms. The van der Waals surface area contributed by atoms with Crippen LogP contribution >= 0.6 is 11.6 Å². The molecule has 0 aliphatic carbocycles. The summed E-state index contributed by atoms with van der Waals surface area (Å²) in [5.74, 6) is 0.640. The zero-order valence-corrected chi connectivity index (χ0v) is 9.97. The fraction of sp³-hybridized carbons (Fsp3) is 0.154. The lowest BCUT2D eigenvalue weighted by atomic mass is 10.1. The van der Waals surface area contributed by atoms with Crippen LogP contribution in [0.2, 0.25) is 5.02 Å². The molecule has 2 N–H and O–H groups in total. The second-order valence-corrected chi connectivity index (χ2v) is 3.96. The Kier molecular flexibility index (Phi) is 3.96. The summed E-state index contributed by atoms with van der Waals surface area (Å²) >= 11 is 6.03. The normalized spacial score (nSPS) is 12.1. The molecule has 1 aromatic heterocycles. The number of aromatic nitrogens is 1. The minimum atomic E-state index is -0.210. The number of nitrogens with two attached hydrogens (primary N) is 1. The number of halogens is 1. The van der Waals surface area contributed by atoms with Crippen LogP contribution < -0.4 is 10.5 Å². The number of para-hydroxylation sites is 1. The van der Waals surface area contributed by atoms with Gasteiger partial charge in [0.05, 0.1) is 5.02 Å². The molecule has 1 unspecified atom stereocenters. The first-order chi connectivity index (χ1) is 8.31. The van der Waals surface area contributed by atoms with Gasteiger partial charge in [0.2, 0.25) is 0 Å². The molecule has 3 nitrogen and oxygen atoms in total. The Labute approximate surface area is 105 Å². The van der Waals surface area contributed by atoms with Crippen LogP contribution in [0.25, 0.3) is 0 Å². The highest BCUT2D eigenvalue weighted by atomic mass is 35.5. The predicted molar refractivity (Wildman–Crippen MR) is 68.1 cm³/mol. The van der Waals surface area contributed by atoms with Crippen molar-refractivity contribution in [2.45, 2.75) is 6.10 Å². The predicted octanol–water partition coefficient (Wildman–Crippen LogP) is 2.81. The van der Waals surface area contributed by atoms with Crippen LogP contribution in [0.15, 0.2) is 48.8 Å². The quantitative estimate of drug-likeness (QED) is 0.905. The van der Waals surface area contributed by atoms with Gasteiger partial charge in [0.25, 0.3) is 0 Å². The van der Waals surface area contributed by atoms with Crippen molar-refractivity contribution in [3.63, 3.8) is 0 Å². The lowest BCUT2D eigenvalue weighted by Crippen LogP contribution is -2.18. The van der Waals surface area contributed by atoms with Gasteiger partial charge < -0.3 is 10.5 Å². The summed E-state index contributed by atoms with van der Waals surface area (Å²) in [6.07, 6.45) is 3.22. The molecule has 1 aromatic carbocycles. The molecule has 0 fully saturated rings. The van der Waals surface area contributed by atoms with Crippen LogP contribution in [-0.4, -0.2) is 11.5 Å². The molecule has 4 heteroatoms. The molecule has 0 aliphatic rings. The Hall–Kier alpha value is -1.58. The number of nitrogens with zero attached hydrogens (tertiary/aromatic N) is 1. The van der Waals surface area contributed by atoms with Crippen molar-refractivity contribution in [3.05, 3.63) is 59.4 Å². The third kappa shape index (κ3) is 2.96. The molecule has 0 saturated heterocycles. The van der Waals surface area contributed by atoms with Crippen LogP contribution in [0.1, 0.15) is 11.7 Å². The summed E-state index contributed by atoms with van der Waals surface area (Å²) in [5, 5.41) is 0.583. The molecule has 2 rings (SSSR count). The van der Waals surface area contributed by atoms with Gasteiger partial charge in [-0.2, -0.15) is 0 Å². The maximum absolute atomic E-state index is 6.03. The van der Waals surface area contributed by atoms with Gasteiger partial charge in [0.1, 0.15) is 11.9 Å². The van der Waals surface area contributed by atoms with Crippen LogP contribution in [0.3, 0.4) is 0 Å². The summed E-state index contributed by atoms with van der Waals surface area (Å²) in [4.78, 5) is 3.96. The van der Waals surface area contributed by atoms with E-state index >= 15 is 0 Å². The molecule has 0 aliphatic heterocycles. The molecule has 0 saturated carbocycles. The molecule has 0 spiro atoms. The zero-order valence-electron chi connectivity index (χ0n) is 9.21. The maximum atomic E-state index is 6.03. The number of benzene rings is 1. The second-order valence-electron chi connectivity index (χ2n) is 3.55. The van der Waals surface area contributed by atoms with Crippen molar-refractivity contribution in [2.75, 3.05) is 6.54 Å². The van der Waals surface area contributed by atoms with Crippen LogP contribution in [0, 0.1) is 0 Å². The monoisotopic (exact) mass is 248 g/mol. The second kappa shape index (κ2) is 5.66. The third-order valence-corrected chi connectivity index (χ3v) is 2.71. The van der Waals surface area contributed by atoms with E-state index in [2.05, 4.69) is 4.98 Å². The first kappa shape index (κ1) is 11.9. The molecule has 1 atom stereocenters. The molecular weight excluding hydrogens is 236 g/mol. The van der Waals surface area contributed by atoms with Gasteiger partial charge in [-0.3, -0.25) is 4.98 Å². The summed E-state index contributed by atoms with van der Waals surface area (Å²) in [7, 11) is 0. The minimum absolute atomic E-state index is 0.210. The number of pyridine rings is 1. The molecule has 88 valence electrons. The fourth-order valence-electron chi connectivity index (χ4n) is 1.52. The van der Waals surface area contributed by atoms with Gasteiger partial charge in [-0.25, -0.2) is 0 Å². The first-order valence-corrected chi connectivity index (χ1v) is 5.70. The first-order valence-electron chi connectivity index (χ1n) is 5.32. The molecular formula is C13H13ClN2O. The molecule has 0 amide bonds. The molecule has 0 radical (unpaired) electrons. The summed E-state index contributed by atoms with van der Waals surface area (Å²) in [6.45, 7) is 0.384. The number of hydrogen-bond donors (Lipinski definition) is 1. The van der Waals surface area contributed by atoms with E-state index in [1.54, 1.807) is 18.5 Å². The highest BCUT2D eigenvalue weighted by molar-refractivity contribution is 6.32. The summed E-state index contributed by atoms with van der Waals surface area (Å²) in [5.41, 5.74) is 6.70. The van der Waals surface area contributed by atoms with E-state index in [0.717, 1.165) is 5.56 Å². The van der Waals surface area contributed by atoms with Crippen molar-refractivity contribution in [1.29, 1.82) is 0 Å². The van der Waals surface area contributed by atoms with Gasteiger partial charge in [0, 0.05) is 18.9 Å². The topological polar surface area (TPSA) is 48.1 Å². The van der Waals surface area contributed by atoms with Gasteiger partial charge in [-0.1, -0.05) is 23.7 Å². The van der Waals surface area contributed by atoms with Crippen molar-refractivity contribution >= 4 is 11.6 Å². The average molecular weight is 249 g/mol. The highest BCUT2D eigenvalue weighted by Gasteiger charge is 2.12. The Bertz CT molecular complexity index is 476. The van der Waals surface area contributed by atoms with Crippen molar-refractivity contribution in [2.24, 2.45) is 5.73 Å².